The van der Waals surface area contributed by atoms with Crippen LogP contribution < -0.4 is 4.90 Å². The molecule has 106 valence electrons. The molecule has 19 heavy (non-hydrogen) atoms. The second-order valence-electron chi connectivity index (χ2n) is 5.70. The van der Waals surface area contributed by atoms with E-state index in [4.69, 9.17) is 0 Å². The lowest BCUT2D eigenvalue weighted by Crippen LogP contribution is -2.27. The number of H-pyrrole nitrogens is 1. The number of nitrogens with one attached hydrogen (secondary N) is 1. The molecular weight excluding hydrogens is 273 g/mol. The zero-order valence-corrected chi connectivity index (χ0v) is 11.8. The Hall–Kier alpha value is -1.44. The minimum atomic E-state index is -4.70. The Morgan fingerprint density at radius 1 is 1.47 bits per heavy atom. The van der Waals surface area contributed by atoms with E-state index in [1.807, 2.05) is 20.8 Å². The zero-order valence-electron chi connectivity index (χ0n) is 11.0. The van der Waals surface area contributed by atoms with Crippen molar-refractivity contribution >= 4 is 21.9 Å². The first-order chi connectivity index (χ1) is 8.59. The van der Waals surface area contributed by atoms with Crippen molar-refractivity contribution in [3.63, 3.8) is 0 Å². The smallest absolute Gasteiger partial charge is 0.294 e. The Morgan fingerprint density at radius 2 is 2.11 bits per heavy atom. The predicted octanol–water partition coefficient (Wildman–Crippen LogP) is 1.11. The Morgan fingerprint density at radius 3 is 2.53 bits per heavy atom. The van der Waals surface area contributed by atoms with Crippen LogP contribution >= 0.6 is 0 Å². The van der Waals surface area contributed by atoms with Crippen LogP contribution in [0, 0.1) is 0 Å². The number of hydrogen-bond acceptors (Lipinski definition) is 4. The summed E-state index contributed by atoms with van der Waals surface area (Å²) in [5.74, 6) is -0.0979. The molecule has 1 amide bonds. The van der Waals surface area contributed by atoms with Gasteiger partial charge in [0.1, 0.15) is 5.25 Å². The number of carbonyl (C=O) groups excluding carboxylic acids is 1. The summed E-state index contributed by atoms with van der Waals surface area (Å²) in [4.78, 5) is 12.9. The van der Waals surface area contributed by atoms with Gasteiger partial charge in [0.25, 0.3) is 0 Å². The molecule has 1 aliphatic heterocycles. The monoisotopic (exact) mass is 289 g/mol. The van der Waals surface area contributed by atoms with E-state index < -0.39 is 21.4 Å². The molecule has 1 unspecified atom stereocenters. The Balaban J connectivity index is 2.24. The Bertz CT molecular complexity index is 603. The van der Waals surface area contributed by atoms with Gasteiger partial charge in [-0.25, -0.2) is 0 Å². The molecule has 0 radical (unpaired) electrons. The Labute approximate surface area is 111 Å². The van der Waals surface area contributed by atoms with E-state index in [0.29, 0.717) is 5.82 Å². The van der Waals surface area contributed by atoms with Gasteiger partial charge in [0, 0.05) is 30.1 Å². The average Bonchev–Trinajstić information content (AvgIpc) is 2.80. The van der Waals surface area contributed by atoms with Crippen LogP contribution in [0.15, 0.2) is 6.07 Å². The van der Waals surface area contributed by atoms with Crippen molar-refractivity contribution in [2.45, 2.75) is 37.9 Å². The summed E-state index contributed by atoms with van der Waals surface area (Å²) >= 11 is 0. The van der Waals surface area contributed by atoms with Crippen LogP contribution in [-0.2, 0) is 20.4 Å². The maximum Gasteiger partial charge on any atom is 0.307 e. The molecule has 1 saturated heterocycles. The molecular formula is C11H16FN3O3S. The number of rotatable bonds is 2. The molecule has 1 atom stereocenters. The lowest BCUT2D eigenvalue weighted by atomic mass is 9.92. The van der Waals surface area contributed by atoms with Crippen molar-refractivity contribution in [1.29, 1.82) is 0 Å². The maximum absolute atomic E-state index is 12.9. The average molecular weight is 289 g/mol. The molecule has 0 spiro atoms. The van der Waals surface area contributed by atoms with Gasteiger partial charge in [-0.15, -0.1) is 3.89 Å². The highest BCUT2D eigenvalue weighted by atomic mass is 32.3. The normalized spacial score (nSPS) is 21.2. The van der Waals surface area contributed by atoms with E-state index in [1.54, 1.807) is 6.07 Å². The van der Waals surface area contributed by atoms with E-state index >= 15 is 0 Å². The molecule has 0 aliphatic carbocycles. The minimum Gasteiger partial charge on any atom is -0.294 e. The van der Waals surface area contributed by atoms with Crippen LogP contribution in [-0.4, -0.2) is 36.3 Å². The SMILES string of the molecule is CC(C)(C)c1cc(N2CC(S(=O)(=O)F)CC2=O)n[nH]1. The fraction of sp³-hybridized carbons (Fsp3) is 0.636. The number of aromatic amines is 1. The first-order valence-corrected chi connectivity index (χ1v) is 7.33. The van der Waals surface area contributed by atoms with Crippen LogP contribution in [0.1, 0.15) is 32.9 Å². The van der Waals surface area contributed by atoms with Crippen molar-refractivity contribution in [1.82, 2.24) is 10.2 Å². The highest BCUT2D eigenvalue weighted by Crippen LogP contribution is 2.28. The van der Waals surface area contributed by atoms with Gasteiger partial charge in [-0.1, -0.05) is 20.8 Å². The summed E-state index contributed by atoms with van der Waals surface area (Å²) in [6.07, 6.45) is -0.337. The Kier molecular flexibility index (Phi) is 3.16. The number of carbonyl (C=O) groups is 1. The maximum atomic E-state index is 12.9. The third kappa shape index (κ3) is 2.78. The summed E-state index contributed by atoms with van der Waals surface area (Å²) in [5.41, 5.74) is 0.654. The van der Waals surface area contributed by atoms with Gasteiger partial charge in [-0.2, -0.15) is 13.5 Å². The second kappa shape index (κ2) is 4.29. The molecule has 8 heteroatoms. The van der Waals surface area contributed by atoms with Crippen molar-refractivity contribution < 1.29 is 17.1 Å². The van der Waals surface area contributed by atoms with Crippen molar-refractivity contribution in [3.05, 3.63) is 11.8 Å². The summed E-state index contributed by atoms with van der Waals surface area (Å²) in [6, 6.07) is 1.69. The van der Waals surface area contributed by atoms with Crippen LogP contribution in [0.4, 0.5) is 9.70 Å². The molecule has 1 N–H and O–H groups in total. The lowest BCUT2D eigenvalue weighted by molar-refractivity contribution is -0.117. The quantitative estimate of drug-likeness (QED) is 0.827. The summed E-state index contributed by atoms with van der Waals surface area (Å²) in [7, 11) is -4.70. The van der Waals surface area contributed by atoms with E-state index in [2.05, 4.69) is 10.2 Å². The molecule has 6 nitrogen and oxygen atoms in total. The number of hydrogen-bond donors (Lipinski definition) is 1. The summed E-state index contributed by atoms with van der Waals surface area (Å²) in [5, 5.41) is 5.51. The molecule has 1 aliphatic rings. The molecule has 1 aromatic heterocycles. The first-order valence-electron chi connectivity index (χ1n) is 5.89. The van der Waals surface area contributed by atoms with Gasteiger partial charge in [0.15, 0.2) is 5.82 Å². The topological polar surface area (TPSA) is 83.1 Å². The fourth-order valence-electron chi connectivity index (χ4n) is 1.92. The van der Waals surface area contributed by atoms with Crippen LogP contribution in [0.25, 0.3) is 0 Å². The van der Waals surface area contributed by atoms with Crippen molar-refractivity contribution in [2.75, 3.05) is 11.4 Å². The molecule has 0 saturated carbocycles. The van der Waals surface area contributed by atoms with Crippen molar-refractivity contribution in [3.8, 4) is 0 Å². The molecule has 2 rings (SSSR count). The van der Waals surface area contributed by atoms with E-state index in [1.165, 1.54) is 4.90 Å². The lowest BCUT2D eigenvalue weighted by Gasteiger charge is -2.15. The van der Waals surface area contributed by atoms with Gasteiger partial charge < -0.3 is 0 Å². The van der Waals surface area contributed by atoms with Gasteiger partial charge >= 0.3 is 10.2 Å². The van der Waals surface area contributed by atoms with Gasteiger partial charge in [0.05, 0.1) is 0 Å². The number of aromatic nitrogens is 2. The fourth-order valence-corrected chi connectivity index (χ4v) is 2.59. The van der Waals surface area contributed by atoms with Gasteiger partial charge in [0.2, 0.25) is 5.91 Å². The zero-order chi connectivity index (χ0) is 14.4. The number of nitrogens with zero attached hydrogens (tertiary/aromatic N) is 2. The highest BCUT2D eigenvalue weighted by molar-refractivity contribution is 7.87. The summed E-state index contributed by atoms with van der Waals surface area (Å²) in [6.45, 7) is 5.74. The third-order valence-corrected chi connectivity index (χ3v) is 4.25. The number of amides is 1. The van der Waals surface area contributed by atoms with E-state index in [-0.39, 0.29) is 18.4 Å². The summed E-state index contributed by atoms with van der Waals surface area (Å²) < 4.78 is 34.6. The second-order valence-corrected chi connectivity index (χ2v) is 7.31. The van der Waals surface area contributed by atoms with Crippen LogP contribution in [0.5, 0.6) is 0 Å². The molecule has 2 heterocycles. The number of anilines is 1. The van der Waals surface area contributed by atoms with Crippen LogP contribution in [0.3, 0.4) is 0 Å². The van der Waals surface area contributed by atoms with E-state index in [9.17, 15) is 17.1 Å². The van der Waals surface area contributed by atoms with Gasteiger partial charge in [-0.05, 0) is 0 Å². The largest absolute Gasteiger partial charge is 0.307 e. The first kappa shape index (κ1) is 14.0. The van der Waals surface area contributed by atoms with E-state index in [0.717, 1.165) is 5.69 Å². The predicted molar refractivity (Wildman–Crippen MR) is 68.1 cm³/mol. The minimum absolute atomic E-state index is 0.167. The van der Waals surface area contributed by atoms with Crippen LogP contribution in [0.2, 0.25) is 0 Å². The van der Waals surface area contributed by atoms with Crippen molar-refractivity contribution in [2.24, 2.45) is 0 Å². The molecule has 0 bridgehead atoms. The van der Waals surface area contributed by atoms with Gasteiger partial charge in [-0.3, -0.25) is 14.8 Å². The number of halogens is 1. The standard InChI is InChI=1S/C11H16FN3O3S/c1-11(2,3)8-5-9(14-13-8)15-6-7(4-10(15)16)19(12,17)18/h5,7H,4,6H2,1-3H3,(H,13,14). The molecule has 0 aromatic carbocycles. The molecule has 1 aromatic rings. The third-order valence-electron chi connectivity index (χ3n) is 3.14. The highest BCUT2D eigenvalue weighted by Gasteiger charge is 2.40. The molecule has 1 fully saturated rings.